The highest BCUT2D eigenvalue weighted by molar-refractivity contribution is 7.00. The summed E-state index contributed by atoms with van der Waals surface area (Å²) in [6.45, 7) is 1.95. The van der Waals surface area contributed by atoms with E-state index in [0.29, 0.717) is 0 Å². The fourth-order valence-corrected chi connectivity index (χ4v) is 2.09. The zero-order valence-electron chi connectivity index (χ0n) is 6.37. The molecule has 3 rings (SSSR count). The van der Waals surface area contributed by atoms with Gasteiger partial charge in [-0.25, -0.2) is 0 Å². The Morgan fingerprint density at radius 3 is 2.25 bits per heavy atom. The third kappa shape index (κ3) is 0.790. The predicted octanol–water partition coefficient (Wildman–Crippen LogP) is 1.29. The molecule has 0 bridgehead atoms. The summed E-state index contributed by atoms with van der Waals surface area (Å²) in [5.41, 5.74) is 4.80. The molecular formula is C8H7N3S. The minimum absolute atomic E-state index is 0.975. The van der Waals surface area contributed by atoms with E-state index in [1.807, 2.05) is 0 Å². The van der Waals surface area contributed by atoms with Crippen LogP contribution in [0.5, 0.6) is 0 Å². The average molecular weight is 177 g/mol. The minimum Gasteiger partial charge on any atom is -0.309 e. The molecule has 3 nitrogen and oxygen atoms in total. The average Bonchev–Trinajstić information content (AvgIpc) is 2.64. The van der Waals surface area contributed by atoms with Gasteiger partial charge in [0, 0.05) is 13.1 Å². The van der Waals surface area contributed by atoms with Gasteiger partial charge < -0.3 is 5.32 Å². The van der Waals surface area contributed by atoms with Crippen LogP contribution in [0.4, 0.5) is 0 Å². The summed E-state index contributed by atoms with van der Waals surface area (Å²) < 4.78 is 8.40. The number of benzene rings is 1. The summed E-state index contributed by atoms with van der Waals surface area (Å²) in [5.74, 6) is 0. The molecule has 0 saturated carbocycles. The maximum absolute atomic E-state index is 4.20. The maximum atomic E-state index is 4.20. The number of aromatic nitrogens is 2. The smallest absolute Gasteiger partial charge is 0.105 e. The van der Waals surface area contributed by atoms with Crippen molar-refractivity contribution in [2.45, 2.75) is 13.1 Å². The Labute approximate surface area is 73.7 Å². The van der Waals surface area contributed by atoms with E-state index < -0.39 is 0 Å². The zero-order valence-corrected chi connectivity index (χ0v) is 7.19. The van der Waals surface area contributed by atoms with Crippen molar-refractivity contribution < 1.29 is 0 Å². The lowest BCUT2D eigenvalue weighted by Crippen LogP contribution is -1.99. The van der Waals surface area contributed by atoms with E-state index in [-0.39, 0.29) is 0 Å². The highest BCUT2D eigenvalue weighted by atomic mass is 32.1. The second kappa shape index (κ2) is 2.24. The van der Waals surface area contributed by atoms with Gasteiger partial charge in [-0.2, -0.15) is 8.75 Å². The molecule has 4 heteroatoms. The summed E-state index contributed by atoms with van der Waals surface area (Å²) in [7, 11) is 0. The van der Waals surface area contributed by atoms with Crippen LogP contribution in [0.1, 0.15) is 11.1 Å². The molecule has 1 aromatic heterocycles. The fourth-order valence-electron chi connectivity index (χ4n) is 1.58. The molecule has 0 aliphatic carbocycles. The topological polar surface area (TPSA) is 37.8 Å². The first-order valence-electron chi connectivity index (χ1n) is 3.88. The first-order valence-corrected chi connectivity index (χ1v) is 4.61. The monoisotopic (exact) mass is 177 g/mol. The second-order valence-corrected chi connectivity index (χ2v) is 3.51. The van der Waals surface area contributed by atoms with E-state index in [4.69, 9.17) is 0 Å². The molecule has 1 N–H and O–H groups in total. The molecular weight excluding hydrogens is 170 g/mol. The number of hydrogen-bond donors (Lipinski definition) is 1. The van der Waals surface area contributed by atoms with Gasteiger partial charge in [0.05, 0.1) is 11.7 Å². The summed E-state index contributed by atoms with van der Waals surface area (Å²) >= 11 is 1.28. The summed E-state index contributed by atoms with van der Waals surface area (Å²) in [5, 5.41) is 3.30. The Morgan fingerprint density at radius 1 is 1.08 bits per heavy atom. The van der Waals surface area contributed by atoms with Gasteiger partial charge in [-0.1, -0.05) is 0 Å². The van der Waals surface area contributed by atoms with Gasteiger partial charge in [-0.15, -0.1) is 0 Å². The van der Waals surface area contributed by atoms with E-state index in [0.717, 1.165) is 24.1 Å². The van der Waals surface area contributed by atoms with Crippen molar-refractivity contribution in [3.63, 3.8) is 0 Å². The lowest BCUT2D eigenvalue weighted by molar-refractivity contribution is 0.765. The molecule has 1 aromatic carbocycles. The highest BCUT2D eigenvalue weighted by Crippen LogP contribution is 2.21. The van der Waals surface area contributed by atoms with Gasteiger partial charge in [-0.05, 0) is 23.3 Å². The molecule has 2 aromatic rings. The van der Waals surface area contributed by atoms with Crippen LogP contribution in [0.15, 0.2) is 12.1 Å². The SMILES string of the molecule is c1c2c(cc3nsnc13)CNC2. The number of rotatable bonds is 0. The van der Waals surface area contributed by atoms with Gasteiger partial charge in [0.2, 0.25) is 0 Å². The van der Waals surface area contributed by atoms with Crippen LogP contribution in [0.3, 0.4) is 0 Å². The molecule has 12 heavy (non-hydrogen) atoms. The van der Waals surface area contributed by atoms with E-state index in [1.165, 1.54) is 22.9 Å². The van der Waals surface area contributed by atoms with E-state index >= 15 is 0 Å². The van der Waals surface area contributed by atoms with Gasteiger partial charge in [-0.3, -0.25) is 0 Å². The van der Waals surface area contributed by atoms with Crippen LogP contribution < -0.4 is 5.32 Å². The molecule has 0 saturated heterocycles. The molecule has 0 spiro atoms. The third-order valence-corrected chi connectivity index (χ3v) is 2.76. The van der Waals surface area contributed by atoms with E-state index in [9.17, 15) is 0 Å². The molecule has 1 aliphatic heterocycles. The van der Waals surface area contributed by atoms with Crippen LogP contribution in [0, 0.1) is 0 Å². The Balaban J connectivity index is 2.38. The Hall–Kier alpha value is -1.00. The van der Waals surface area contributed by atoms with E-state index in [1.54, 1.807) is 0 Å². The number of fused-ring (bicyclic) bond motifs is 2. The summed E-state index contributed by atoms with van der Waals surface area (Å²) in [6, 6.07) is 4.27. The lowest BCUT2D eigenvalue weighted by Gasteiger charge is -1.94. The van der Waals surface area contributed by atoms with Crippen molar-refractivity contribution in [1.29, 1.82) is 0 Å². The summed E-state index contributed by atoms with van der Waals surface area (Å²) in [6.07, 6.45) is 0. The van der Waals surface area contributed by atoms with Crippen molar-refractivity contribution in [2.24, 2.45) is 0 Å². The highest BCUT2D eigenvalue weighted by Gasteiger charge is 2.11. The van der Waals surface area contributed by atoms with Gasteiger partial charge in [0.25, 0.3) is 0 Å². The molecule has 60 valence electrons. The number of nitrogens with one attached hydrogen (secondary N) is 1. The minimum atomic E-state index is 0.975. The second-order valence-electron chi connectivity index (χ2n) is 2.98. The molecule has 0 unspecified atom stereocenters. The maximum Gasteiger partial charge on any atom is 0.105 e. The van der Waals surface area contributed by atoms with Crippen molar-refractivity contribution >= 4 is 22.8 Å². The normalized spacial score (nSPS) is 15.3. The Morgan fingerprint density at radius 2 is 1.67 bits per heavy atom. The number of hydrogen-bond acceptors (Lipinski definition) is 4. The quantitative estimate of drug-likeness (QED) is 0.659. The Kier molecular flexibility index (Phi) is 1.22. The first kappa shape index (κ1) is 6.51. The predicted molar refractivity (Wildman–Crippen MR) is 48.0 cm³/mol. The van der Waals surface area contributed by atoms with Gasteiger partial charge in [0.15, 0.2) is 0 Å². The largest absolute Gasteiger partial charge is 0.309 e. The third-order valence-electron chi connectivity index (χ3n) is 2.21. The van der Waals surface area contributed by atoms with Crippen LogP contribution in [0.2, 0.25) is 0 Å². The van der Waals surface area contributed by atoms with Crippen molar-refractivity contribution in [3.05, 3.63) is 23.3 Å². The standard InChI is InChI=1S/C8H7N3S/c1-5-3-9-4-6(5)2-8-7(1)10-12-11-8/h1-2,9H,3-4H2. The van der Waals surface area contributed by atoms with Crippen LogP contribution >= 0.6 is 11.7 Å². The molecule has 0 radical (unpaired) electrons. The van der Waals surface area contributed by atoms with Crippen molar-refractivity contribution in [3.8, 4) is 0 Å². The van der Waals surface area contributed by atoms with Gasteiger partial charge >= 0.3 is 0 Å². The van der Waals surface area contributed by atoms with E-state index in [2.05, 4.69) is 26.2 Å². The van der Waals surface area contributed by atoms with Gasteiger partial charge in [0.1, 0.15) is 11.0 Å². The zero-order chi connectivity index (χ0) is 7.97. The molecule has 0 amide bonds. The number of nitrogens with zero attached hydrogens (tertiary/aromatic N) is 2. The molecule has 0 fully saturated rings. The summed E-state index contributed by atoms with van der Waals surface area (Å²) in [4.78, 5) is 0. The van der Waals surface area contributed by atoms with Crippen molar-refractivity contribution in [1.82, 2.24) is 14.1 Å². The first-order chi connectivity index (χ1) is 5.93. The Bertz CT molecular complexity index is 397. The lowest BCUT2D eigenvalue weighted by atomic mass is 10.1. The molecule has 0 atom stereocenters. The van der Waals surface area contributed by atoms with Crippen LogP contribution in [-0.2, 0) is 13.1 Å². The van der Waals surface area contributed by atoms with Crippen LogP contribution in [-0.4, -0.2) is 8.75 Å². The fraction of sp³-hybridized carbons (Fsp3) is 0.250. The van der Waals surface area contributed by atoms with Crippen molar-refractivity contribution in [2.75, 3.05) is 0 Å². The molecule has 2 heterocycles. The van der Waals surface area contributed by atoms with Crippen LogP contribution in [0.25, 0.3) is 11.0 Å². The molecule has 1 aliphatic rings.